The first-order valence-corrected chi connectivity index (χ1v) is 9.19. The molecular formula is C21H27N3O3. The number of aliphatic imine (C=N–C) groups is 1. The Balaban J connectivity index is 1.57. The van der Waals surface area contributed by atoms with Gasteiger partial charge in [-0.05, 0) is 43.0 Å². The van der Waals surface area contributed by atoms with Crippen LogP contribution in [-0.4, -0.2) is 26.3 Å². The zero-order valence-corrected chi connectivity index (χ0v) is 15.9. The first kappa shape index (κ1) is 18.9. The largest absolute Gasteiger partial charge is 0.493 e. The summed E-state index contributed by atoms with van der Waals surface area (Å²) in [6.07, 6.45) is 3.87. The van der Waals surface area contributed by atoms with Crippen molar-refractivity contribution >= 4 is 5.96 Å². The fraction of sp³-hybridized carbons (Fsp3) is 0.381. The molecule has 0 atom stereocenters. The molecule has 0 aromatic heterocycles. The van der Waals surface area contributed by atoms with Gasteiger partial charge in [0.15, 0.2) is 17.5 Å². The van der Waals surface area contributed by atoms with Crippen molar-refractivity contribution in [2.75, 3.05) is 14.2 Å². The Kier molecular flexibility index (Phi) is 6.41. The Morgan fingerprint density at radius 1 is 1.07 bits per heavy atom. The van der Waals surface area contributed by atoms with E-state index in [1.807, 2.05) is 42.5 Å². The molecule has 1 fully saturated rings. The summed E-state index contributed by atoms with van der Waals surface area (Å²) in [7, 11) is 3.23. The number of nitrogens with two attached hydrogens (primary N) is 1. The van der Waals surface area contributed by atoms with Crippen molar-refractivity contribution in [1.82, 2.24) is 5.32 Å². The van der Waals surface area contributed by atoms with Crippen LogP contribution in [-0.2, 0) is 13.1 Å². The number of nitrogens with zero attached hydrogens (tertiary/aromatic N) is 1. The lowest BCUT2D eigenvalue weighted by molar-refractivity contribution is 0.119. The molecule has 1 saturated carbocycles. The predicted molar refractivity (Wildman–Crippen MR) is 106 cm³/mol. The first-order chi connectivity index (χ1) is 13.2. The van der Waals surface area contributed by atoms with Crippen LogP contribution in [0.3, 0.4) is 0 Å². The fourth-order valence-electron chi connectivity index (χ4n) is 2.83. The second-order valence-corrected chi connectivity index (χ2v) is 6.52. The van der Waals surface area contributed by atoms with E-state index in [2.05, 4.69) is 10.3 Å². The van der Waals surface area contributed by atoms with Crippen molar-refractivity contribution in [3.63, 3.8) is 0 Å². The summed E-state index contributed by atoms with van der Waals surface area (Å²) in [5.74, 6) is 2.68. The van der Waals surface area contributed by atoms with E-state index >= 15 is 0 Å². The molecule has 0 amide bonds. The van der Waals surface area contributed by atoms with Crippen LogP contribution in [0.5, 0.6) is 17.2 Å². The van der Waals surface area contributed by atoms with Gasteiger partial charge in [-0.15, -0.1) is 0 Å². The van der Waals surface area contributed by atoms with Crippen molar-refractivity contribution in [3.8, 4) is 17.2 Å². The third-order valence-electron chi connectivity index (χ3n) is 4.66. The highest BCUT2D eigenvalue weighted by molar-refractivity contribution is 5.77. The molecule has 2 aromatic carbocycles. The van der Waals surface area contributed by atoms with E-state index in [1.165, 1.54) is 6.42 Å². The number of rotatable bonds is 8. The van der Waals surface area contributed by atoms with Crippen LogP contribution in [0.1, 0.15) is 30.4 Å². The Bertz CT molecular complexity index is 788. The van der Waals surface area contributed by atoms with Gasteiger partial charge in [0, 0.05) is 12.1 Å². The maximum Gasteiger partial charge on any atom is 0.189 e. The van der Waals surface area contributed by atoms with Crippen LogP contribution in [0.25, 0.3) is 0 Å². The Hall–Kier alpha value is -2.89. The van der Waals surface area contributed by atoms with Gasteiger partial charge in [-0.2, -0.15) is 0 Å². The van der Waals surface area contributed by atoms with E-state index in [4.69, 9.17) is 19.9 Å². The van der Waals surface area contributed by atoms with Crippen LogP contribution in [0.4, 0.5) is 0 Å². The van der Waals surface area contributed by atoms with Crippen LogP contribution in [0, 0.1) is 0 Å². The van der Waals surface area contributed by atoms with Crippen molar-refractivity contribution < 1.29 is 14.2 Å². The second kappa shape index (κ2) is 9.16. The molecule has 0 spiro atoms. The quantitative estimate of drug-likeness (QED) is 0.552. The average molecular weight is 369 g/mol. The third-order valence-corrected chi connectivity index (χ3v) is 4.66. The van der Waals surface area contributed by atoms with Gasteiger partial charge in [0.25, 0.3) is 0 Å². The van der Waals surface area contributed by atoms with Gasteiger partial charge in [-0.25, -0.2) is 4.99 Å². The topological polar surface area (TPSA) is 78.1 Å². The number of guanidine groups is 1. The van der Waals surface area contributed by atoms with Crippen LogP contribution >= 0.6 is 0 Å². The van der Waals surface area contributed by atoms with Crippen LogP contribution in [0.2, 0.25) is 0 Å². The summed E-state index contributed by atoms with van der Waals surface area (Å²) >= 11 is 0. The summed E-state index contributed by atoms with van der Waals surface area (Å²) in [6.45, 7) is 1.03. The van der Waals surface area contributed by atoms with E-state index in [1.54, 1.807) is 14.2 Å². The smallest absolute Gasteiger partial charge is 0.189 e. The number of hydrogen-bond acceptors (Lipinski definition) is 4. The number of benzene rings is 2. The van der Waals surface area contributed by atoms with Gasteiger partial charge >= 0.3 is 0 Å². The minimum atomic E-state index is 0.349. The third kappa shape index (κ3) is 5.06. The highest BCUT2D eigenvalue weighted by Crippen LogP contribution is 2.28. The van der Waals surface area contributed by atoms with E-state index in [0.29, 0.717) is 36.7 Å². The maximum absolute atomic E-state index is 6.04. The number of nitrogens with one attached hydrogen (secondary N) is 1. The Morgan fingerprint density at radius 2 is 1.85 bits per heavy atom. The SMILES string of the molecule is COc1ccc(CN=C(N)NCc2ccccc2OC2CCC2)cc1OC. The zero-order valence-electron chi connectivity index (χ0n) is 15.9. The lowest BCUT2D eigenvalue weighted by Gasteiger charge is -2.27. The molecule has 2 aromatic rings. The van der Waals surface area contributed by atoms with E-state index < -0.39 is 0 Å². The molecule has 0 heterocycles. The van der Waals surface area contributed by atoms with Crippen molar-refractivity contribution in [2.24, 2.45) is 10.7 Å². The summed E-state index contributed by atoms with van der Waals surface area (Å²) in [5.41, 5.74) is 8.10. The fourth-order valence-corrected chi connectivity index (χ4v) is 2.83. The van der Waals surface area contributed by atoms with Gasteiger partial charge < -0.3 is 25.3 Å². The molecule has 0 aliphatic heterocycles. The lowest BCUT2D eigenvalue weighted by atomic mass is 9.96. The molecule has 27 heavy (non-hydrogen) atoms. The van der Waals surface area contributed by atoms with Gasteiger partial charge in [-0.1, -0.05) is 24.3 Å². The average Bonchev–Trinajstić information content (AvgIpc) is 2.67. The Labute approximate surface area is 160 Å². The van der Waals surface area contributed by atoms with Crippen molar-refractivity contribution in [3.05, 3.63) is 53.6 Å². The monoisotopic (exact) mass is 369 g/mol. The molecule has 3 rings (SSSR count). The standard InChI is InChI=1S/C21H27N3O3/c1-25-19-11-10-15(12-20(19)26-2)13-23-21(22)24-14-16-6-3-4-9-18(16)27-17-7-5-8-17/h3-4,6,9-12,17H,5,7-8,13-14H2,1-2H3,(H3,22,23,24). The zero-order chi connectivity index (χ0) is 19.1. The molecule has 1 aliphatic carbocycles. The summed E-state index contributed by atoms with van der Waals surface area (Å²) < 4.78 is 16.6. The summed E-state index contributed by atoms with van der Waals surface area (Å²) in [4.78, 5) is 4.40. The molecule has 6 nitrogen and oxygen atoms in total. The highest BCUT2D eigenvalue weighted by atomic mass is 16.5. The lowest BCUT2D eigenvalue weighted by Crippen LogP contribution is -2.31. The van der Waals surface area contributed by atoms with E-state index in [9.17, 15) is 0 Å². The van der Waals surface area contributed by atoms with Crippen LogP contribution in [0.15, 0.2) is 47.5 Å². The molecule has 0 radical (unpaired) electrons. The van der Waals surface area contributed by atoms with Crippen molar-refractivity contribution in [1.29, 1.82) is 0 Å². The highest BCUT2D eigenvalue weighted by Gasteiger charge is 2.20. The van der Waals surface area contributed by atoms with E-state index in [0.717, 1.165) is 29.7 Å². The molecule has 1 aliphatic rings. The Morgan fingerprint density at radius 3 is 2.56 bits per heavy atom. The van der Waals surface area contributed by atoms with Gasteiger partial charge in [0.2, 0.25) is 0 Å². The first-order valence-electron chi connectivity index (χ1n) is 9.19. The van der Waals surface area contributed by atoms with E-state index in [-0.39, 0.29) is 0 Å². The molecule has 6 heteroatoms. The second-order valence-electron chi connectivity index (χ2n) is 6.52. The minimum absolute atomic E-state index is 0.349. The van der Waals surface area contributed by atoms with Crippen LogP contribution < -0.4 is 25.3 Å². The molecular weight excluding hydrogens is 342 g/mol. The van der Waals surface area contributed by atoms with Gasteiger partial charge in [0.1, 0.15) is 5.75 Å². The normalized spacial score (nSPS) is 14.4. The number of hydrogen-bond donors (Lipinski definition) is 2. The molecule has 0 unspecified atom stereocenters. The molecule has 0 bridgehead atoms. The minimum Gasteiger partial charge on any atom is -0.493 e. The number of ether oxygens (including phenoxy) is 3. The van der Waals surface area contributed by atoms with Gasteiger partial charge in [-0.3, -0.25) is 0 Å². The number of para-hydroxylation sites is 1. The van der Waals surface area contributed by atoms with Gasteiger partial charge in [0.05, 0.1) is 26.9 Å². The summed E-state index contributed by atoms with van der Waals surface area (Å²) in [5, 5.41) is 3.16. The summed E-state index contributed by atoms with van der Waals surface area (Å²) in [6, 6.07) is 13.8. The number of methoxy groups -OCH3 is 2. The van der Waals surface area contributed by atoms with Crippen molar-refractivity contribution in [2.45, 2.75) is 38.5 Å². The molecule has 0 saturated heterocycles. The maximum atomic E-state index is 6.04. The molecule has 144 valence electrons. The molecule has 3 N–H and O–H groups in total. The predicted octanol–water partition coefficient (Wildman–Crippen LogP) is 3.24.